The van der Waals surface area contributed by atoms with Gasteiger partial charge < -0.3 is 19.2 Å². The highest BCUT2D eigenvalue weighted by Crippen LogP contribution is 2.39. The Balaban J connectivity index is 0.000000970. The molecule has 9 heteroatoms. The Bertz CT molecular complexity index is 1120. The summed E-state index contributed by atoms with van der Waals surface area (Å²) in [6.45, 7) is 3.69. The van der Waals surface area contributed by atoms with Crippen LogP contribution in [0.3, 0.4) is 0 Å². The number of aromatic nitrogens is 1. The lowest BCUT2D eigenvalue weighted by atomic mass is 10.1. The molecule has 1 fully saturated rings. The van der Waals surface area contributed by atoms with E-state index in [1.54, 1.807) is 30.7 Å². The lowest BCUT2D eigenvalue weighted by molar-refractivity contribution is -0.137. The zero-order valence-corrected chi connectivity index (χ0v) is 20.8. The Morgan fingerprint density at radius 3 is 2.32 bits per heavy atom. The van der Waals surface area contributed by atoms with Crippen LogP contribution in [0.2, 0.25) is 10.0 Å². The molecule has 34 heavy (non-hydrogen) atoms. The summed E-state index contributed by atoms with van der Waals surface area (Å²) in [7, 11) is 2.76. The first-order valence-corrected chi connectivity index (χ1v) is 11.4. The number of rotatable bonds is 4. The number of benzene rings is 2. The Kier molecular flexibility index (Phi) is 9.85. The SMILES string of the molecule is C=O.CO.Cc1cc(C(F)(F)F)cc2c1cc(Cc1c(Cl)ccc(OC3CCCC3)c1Cl)n2C. The molecule has 1 heterocycles. The van der Waals surface area contributed by atoms with Gasteiger partial charge in [0.15, 0.2) is 0 Å². The Morgan fingerprint density at radius 1 is 1.12 bits per heavy atom. The lowest BCUT2D eigenvalue weighted by Crippen LogP contribution is -2.11. The molecule has 0 bridgehead atoms. The number of alkyl halides is 3. The minimum absolute atomic E-state index is 0.164. The second kappa shape index (κ2) is 12.0. The van der Waals surface area contributed by atoms with Crippen molar-refractivity contribution in [1.29, 1.82) is 0 Å². The quantitative estimate of drug-likeness (QED) is 0.399. The van der Waals surface area contributed by atoms with Crippen LogP contribution in [0.1, 0.15) is 48.1 Å². The van der Waals surface area contributed by atoms with Crippen LogP contribution in [-0.2, 0) is 24.4 Å². The summed E-state index contributed by atoms with van der Waals surface area (Å²) in [6, 6.07) is 7.83. The van der Waals surface area contributed by atoms with E-state index in [4.69, 9.17) is 37.8 Å². The summed E-state index contributed by atoms with van der Waals surface area (Å²) in [5.74, 6) is 0.609. The lowest BCUT2D eigenvalue weighted by Gasteiger charge is -2.17. The number of fused-ring (bicyclic) bond motifs is 1. The van der Waals surface area contributed by atoms with Gasteiger partial charge in [-0.1, -0.05) is 23.2 Å². The maximum Gasteiger partial charge on any atom is 0.416 e. The number of aryl methyl sites for hydroxylation is 2. The van der Waals surface area contributed by atoms with Gasteiger partial charge in [0.2, 0.25) is 0 Å². The van der Waals surface area contributed by atoms with Crippen molar-refractivity contribution in [2.45, 2.75) is 51.3 Å². The molecule has 0 saturated heterocycles. The van der Waals surface area contributed by atoms with Gasteiger partial charge in [-0.15, -0.1) is 0 Å². The molecule has 0 atom stereocenters. The number of aliphatic hydroxyl groups excluding tert-OH is 1. The van der Waals surface area contributed by atoms with Crippen molar-refractivity contribution >= 4 is 40.9 Å². The fourth-order valence-corrected chi connectivity index (χ4v) is 4.74. The molecule has 0 spiro atoms. The number of ether oxygens (including phenoxy) is 1. The zero-order chi connectivity index (χ0) is 25.6. The van der Waals surface area contributed by atoms with Crippen LogP contribution in [0.25, 0.3) is 10.9 Å². The van der Waals surface area contributed by atoms with Crippen LogP contribution in [-0.4, -0.2) is 29.7 Å². The summed E-state index contributed by atoms with van der Waals surface area (Å²) < 4.78 is 47.6. The minimum atomic E-state index is -4.39. The number of halogens is 5. The average Bonchev–Trinajstić information content (AvgIpc) is 3.44. The molecule has 4 rings (SSSR count). The maximum absolute atomic E-state index is 13.2. The third-order valence-corrected chi connectivity index (χ3v) is 6.67. The van der Waals surface area contributed by atoms with E-state index >= 15 is 0 Å². The molecule has 1 aliphatic rings. The van der Waals surface area contributed by atoms with E-state index in [1.165, 1.54) is 12.1 Å². The van der Waals surface area contributed by atoms with Gasteiger partial charge in [-0.2, -0.15) is 13.2 Å². The van der Waals surface area contributed by atoms with Crippen molar-refractivity contribution in [3.63, 3.8) is 0 Å². The zero-order valence-electron chi connectivity index (χ0n) is 19.3. The van der Waals surface area contributed by atoms with E-state index in [-0.39, 0.29) is 6.10 Å². The monoisotopic (exact) mass is 517 g/mol. The van der Waals surface area contributed by atoms with Crippen LogP contribution in [0.5, 0.6) is 5.75 Å². The highest BCUT2D eigenvalue weighted by molar-refractivity contribution is 6.37. The average molecular weight is 518 g/mol. The van der Waals surface area contributed by atoms with Crippen LogP contribution in [0.4, 0.5) is 13.2 Å². The van der Waals surface area contributed by atoms with Crippen LogP contribution < -0.4 is 4.74 Å². The number of carbonyl (C=O) groups is 1. The van der Waals surface area contributed by atoms with Crippen molar-refractivity contribution in [2.75, 3.05) is 7.11 Å². The third-order valence-electron chi connectivity index (χ3n) is 5.90. The third kappa shape index (κ3) is 6.06. The summed E-state index contributed by atoms with van der Waals surface area (Å²) in [5.41, 5.74) is 2.01. The van der Waals surface area contributed by atoms with Gasteiger partial charge in [-0.25, -0.2) is 0 Å². The maximum atomic E-state index is 13.2. The van der Waals surface area contributed by atoms with Gasteiger partial charge in [0.1, 0.15) is 12.5 Å². The highest BCUT2D eigenvalue weighted by atomic mass is 35.5. The van der Waals surface area contributed by atoms with E-state index in [0.717, 1.165) is 43.9 Å². The predicted octanol–water partition coefficient (Wildman–Crippen LogP) is 7.15. The second-order valence-electron chi connectivity index (χ2n) is 7.96. The topological polar surface area (TPSA) is 51.5 Å². The molecule has 3 aromatic rings. The Morgan fingerprint density at radius 2 is 1.74 bits per heavy atom. The van der Waals surface area contributed by atoms with Crippen LogP contribution in [0, 0.1) is 6.92 Å². The smallest absolute Gasteiger partial charge is 0.416 e. The first kappa shape index (κ1) is 28.0. The van der Waals surface area contributed by atoms with Crippen LogP contribution >= 0.6 is 23.2 Å². The van der Waals surface area contributed by atoms with E-state index in [0.29, 0.717) is 38.9 Å². The molecule has 2 aromatic carbocycles. The van der Waals surface area contributed by atoms with Crippen LogP contribution in [0.15, 0.2) is 30.3 Å². The fourth-order valence-electron chi connectivity index (χ4n) is 4.19. The van der Waals surface area contributed by atoms with Crippen molar-refractivity contribution < 1.29 is 27.8 Å². The highest BCUT2D eigenvalue weighted by Gasteiger charge is 2.31. The first-order valence-electron chi connectivity index (χ1n) is 10.7. The molecule has 4 nitrogen and oxygen atoms in total. The second-order valence-corrected chi connectivity index (χ2v) is 8.74. The van der Waals surface area contributed by atoms with Gasteiger partial charge in [0.05, 0.1) is 16.7 Å². The summed E-state index contributed by atoms with van der Waals surface area (Å²) in [5, 5.41) is 8.76. The van der Waals surface area contributed by atoms with Crippen molar-refractivity contribution in [3.05, 3.63) is 62.8 Å². The van der Waals surface area contributed by atoms with E-state index in [2.05, 4.69) is 0 Å². The molecule has 1 N–H and O–H groups in total. The molecular formula is C25H28Cl2F3NO3. The molecular weight excluding hydrogens is 490 g/mol. The van der Waals surface area contributed by atoms with E-state index < -0.39 is 11.7 Å². The molecule has 186 valence electrons. The summed E-state index contributed by atoms with van der Waals surface area (Å²) in [4.78, 5) is 8.00. The Labute approximate surface area is 207 Å². The van der Waals surface area contributed by atoms with Gasteiger partial charge in [-0.05, 0) is 74.1 Å². The van der Waals surface area contributed by atoms with Crippen molar-refractivity contribution in [3.8, 4) is 5.75 Å². The van der Waals surface area contributed by atoms with E-state index in [9.17, 15) is 13.2 Å². The molecule has 0 aliphatic heterocycles. The largest absolute Gasteiger partial charge is 0.489 e. The Hall–Kier alpha value is -2.22. The molecule has 1 aromatic heterocycles. The van der Waals surface area contributed by atoms with Gasteiger partial charge in [-0.3, -0.25) is 0 Å². The van der Waals surface area contributed by atoms with Gasteiger partial charge in [0.25, 0.3) is 0 Å². The molecule has 0 radical (unpaired) electrons. The predicted molar refractivity (Wildman–Crippen MR) is 130 cm³/mol. The molecule has 1 saturated carbocycles. The number of nitrogens with zero attached hydrogens (tertiary/aromatic N) is 1. The molecule has 0 amide bonds. The standard InChI is InChI=1S/C23H22Cl2F3NO.CH4O.CH2O/c1-13-9-14(23(26,27)28)10-20-17(13)11-15(29(20)2)12-18-19(24)7-8-21(22(18)25)30-16-5-3-4-6-16;2*1-2/h7-11,16H,3-6,12H2,1-2H3;2H,1H3;1H2. The fraction of sp³-hybridized carbons (Fsp3) is 0.400. The van der Waals surface area contributed by atoms with Crippen molar-refractivity contribution in [1.82, 2.24) is 4.57 Å². The number of aliphatic hydroxyl groups is 1. The summed E-state index contributed by atoms with van der Waals surface area (Å²) in [6.07, 6.45) is 0.498. The summed E-state index contributed by atoms with van der Waals surface area (Å²) >= 11 is 13.1. The molecule has 1 aliphatic carbocycles. The number of hydrogen-bond acceptors (Lipinski definition) is 3. The van der Waals surface area contributed by atoms with Gasteiger partial charge >= 0.3 is 6.18 Å². The number of carbonyl (C=O) groups excluding carboxylic acids is 1. The minimum Gasteiger partial charge on any atom is -0.489 e. The number of hydrogen-bond donors (Lipinski definition) is 1. The first-order chi connectivity index (χ1) is 16.1. The molecule has 0 unspecified atom stereocenters. The van der Waals surface area contributed by atoms with Crippen molar-refractivity contribution in [2.24, 2.45) is 7.05 Å². The normalized spacial score (nSPS) is 13.8. The van der Waals surface area contributed by atoms with Gasteiger partial charge in [0, 0.05) is 42.2 Å². The van der Waals surface area contributed by atoms with E-state index in [1.807, 2.05) is 12.9 Å².